The van der Waals surface area contributed by atoms with Crippen LogP contribution in [0.15, 0.2) is 24.5 Å². The van der Waals surface area contributed by atoms with Crippen LogP contribution in [0.5, 0.6) is 0 Å². The summed E-state index contributed by atoms with van der Waals surface area (Å²) < 4.78 is 5.38. The SMILES string of the molecule is CCOCC(C)(C)NC(=O)N(C)[C@@H](C)c1cccnc1. The van der Waals surface area contributed by atoms with E-state index in [0.29, 0.717) is 13.2 Å². The first kappa shape index (κ1) is 16.4. The van der Waals surface area contributed by atoms with Crippen LogP contribution in [0, 0.1) is 0 Å². The fraction of sp³-hybridized carbons (Fsp3) is 0.600. The summed E-state index contributed by atoms with van der Waals surface area (Å²) in [6.07, 6.45) is 3.50. The van der Waals surface area contributed by atoms with Gasteiger partial charge in [-0.3, -0.25) is 4.98 Å². The molecule has 2 amide bonds. The number of hydrogen-bond donors (Lipinski definition) is 1. The van der Waals surface area contributed by atoms with E-state index in [2.05, 4.69) is 10.3 Å². The van der Waals surface area contributed by atoms with Crippen LogP contribution in [0.3, 0.4) is 0 Å². The Balaban J connectivity index is 2.63. The highest BCUT2D eigenvalue weighted by Crippen LogP contribution is 2.18. The zero-order chi connectivity index (χ0) is 15.2. The van der Waals surface area contributed by atoms with E-state index in [9.17, 15) is 4.79 Å². The molecule has 1 rings (SSSR count). The van der Waals surface area contributed by atoms with Gasteiger partial charge in [0.1, 0.15) is 0 Å². The van der Waals surface area contributed by atoms with Crippen molar-refractivity contribution in [2.45, 2.75) is 39.3 Å². The molecular weight excluding hydrogens is 254 g/mol. The number of aromatic nitrogens is 1. The Hall–Kier alpha value is -1.62. The van der Waals surface area contributed by atoms with Gasteiger partial charge in [0.25, 0.3) is 0 Å². The number of urea groups is 1. The number of nitrogens with one attached hydrogen (secondary N) is 1. The minimum Gasteiger partial charge on any atom is -0.379 e. The van der Waals surface area contributed by atoms with Crippen molar-refractivity contribution in [1.82, 2.24) is 15.2 Å². The average Bonchev–Trinajstić information content (AvgIpc) is 2.44. The zero-order valence-electron chi connectivity index (χ0n) is 13.0. The third-order valence-electron chi connectivity index (χ3n) is 3.18. The normalized spacial score (nSPS) is 12.8. The average molecular weight is 279 g/mol. The van der Waals surface area contributed by atoms with Crippen molar-refractivity contribution < 1.29 is 9.53 Å². The van der Waals surface area contributed by atoms with E-state index in [1.807, 2.05) is 39.8 Å². The van der Waals surface area contributed by atoms with Crippen molar-refractivity contribution in [2.75, 3.05) is 20.3 Å². The maximum absolute atomic E-state index is 12.3. The smallest absolute Gasteiger partial charge is 0.318 e. The molecule has 1 heterocycles. The highest BCUT2D eigenvalue weighted by atomic mass is 16.5. The monoisotopic (exact) mass is 279 g/mol. The zero-order valence-corrected chi connectivity index (χ0v) is 13.0. The van der Waals surface area contributed by atoms with Gasteiger partial charge in [0.2, 0.25) is 0 Å². The molecule has 5 heteroatoms. The Labute approximate surface area is 121 Å². The summed E-state index contributed by atoms with van der Waals surface area (Å²) in [4.78, 5) is 18.0. The molecule has 112 valence electrons. The second-order valence-electron chi connectivity index (χ2n) is 5.52. The van der Waals surface area contributed by atoms with Crippen molar-refractivity contribution >= 4 is 6.03 Å². The van der Waals surface area contributed by atoms with Crippen molar-refractivity contribution in [3.05, 3.63) is 30.1 Å². The minimum absolute atomic E-state index is 0.0356. The Morgan fingerprint density at radius 2 is 2.25 bits per heavy atom. The molecule has 0 aliphatic carbocycles. The molecule has 0 spiro atoms. The summed E-state index contributed by atoms with van der Waals surface area (Å²) in [5.41, 5.74) is 0.614. The van der Waals surface area contributed by atoms with E-state index in [-0.39, 0.29) is 12.1 Å². The third-order valence-corrected chi connectivity index (χ3v) is 3.18. The van der Waals surface area contributed by atoms with Crippen LogP contribution in [-0.2, 0) is 4.74 Å². The lowest BCUT2D eigenvalue weighted by Gasteiger charge is -2.31. The van der Waals surface area contributed by atoms with Gasteiger partial charge in [-0.2, -0.15) is 0 Å². The molecule has 0 radical (unpaired) electrons. The van der Waals surface area contributed by atoms with Gasteiger partial charge >= 0.3 is 6.03 Å². The van der Waals surface area contributed by atoms with E-state index in [0.717, 1.165) is 5.56 Å². The first-order valence-corrected chi connectivity index (χ1v) is 6.90. The van der Waals surface area contributed by atoms with Crippen LogP contribution >= 0.6 is 0 Å². The van der Waals surface area contributed by atoms with Crippen molar-refractivity contribution in [2.24, 2.45) is 0 Å². The largest absolute Gasteiger partial charge is 0.379 e. The highest BCUT2D eigenvalue weighted by Gasteiger charge is 2.25. The lowest BCUT2D eigenvalue weighted by Crippen LogP contribution is -2.51. The first-order chi connectivity index (χ1) is 9.37. The standard InChI is InChI=1S/C15H25N3O2/c1-6-20-11-15(3,4)17-14(19)18(5)12(2)13-8-7-9-16-10-13/h7-10,12H,6,11H2,1-5H3,(H,17,19)/t12-/m0/s1. The maximum atomic E-state index is 12.3. The van der Waals surface area contributed by atoms with Gasteiger partial charge in [0, 0.05) is 26.0 Å². The van der Waals surface area contributed by atoms with Gasteiger partial charge < -0.3 is 15.0 Å². The van der Waals surface area contributed by atoms with Gasteiger partial charge in [-0.15, -0.1) is 0 Å². The van der Waals surface area contributed by atoms with Gasteiger partial charge in [-0.25, -0.2) is 4.79 Å². The van der Waals surface area contributed by atoms with Crippen LogP contribution in [0.4, 0.5) is 4.79 Å². The second-order valence-corrected chi connectivity index (χ2v) is 5.52. The topological polar surface area (TPSA) is 54.5 Å². The van der Waals surface area contributed by atoms with Crippen LogP contribution in [-0.4, -0.2) is 41.7 Å². The Bertz CT molecular complexity index is 420. The summed E-state index contributed by atoms with van der Waals surface area (Å²) in [7, 11) is 1.78. The fourth-order valence-corrected chi connectivity index (χ4v) is 1.79. The van der Waals surface area contributed by atoms with Crippen LogP contribution in [0.2, 0.25) is 0 Å². The molecule has 0 aliphatic heterocycles. The first-order valence-electron chi connectivity index (χ1n) is 6.90. The van der Waals surface area contributed by atoms with Gasteiger partial charge in [0.05, 0.1) is 18.2 Å². The summed E-state index contributed by atoms with van der Waals surface area (Å²) >= 11 is 0. The lowest BCUT2D eigenvalue weighted by molar-refractivity contribution is 0.0905. The number of hydrogen-bond acceptors (Lipinski definition) is 3. The Morgan fingerprint density at radius 1 is 1.55 bits per heavy atom. The molecule has 1 aromatic heterocycles. The third kappa shape index (κ3) is 4.81. The van der Waals surface area contributed by atoms with Crippen LogP contribution < -0.4 is 5.32 Å². The van der Waals surface area contributed by atoms with Crippen LogP contribution in [0.25, 0.3) is 0 Å². The Kier molecular flexibility index (Phi) is 5.95. The minimum atomic E-state index is -0.393. The predicted octanol–water partition coefficient (Wildman–Crippen LogP) is 2.60. The number of ether oxygens (including phenoxy) is 1. The van der Waals surface area contributed by atoms with Crippen LogP contribution in [0.1, 0.15) is 39.3 Å². The summed E-state index contributed by atoms with van der Waals surface area (Å²) in [6, 6.07) is 3.68. The number of rotatable bonds is 6. The highest BCUT2D eigenvalue weighted by molar-refractivity contribution is 5.75. The molecule has 0 saturated heterocycles. The summed E-state index contributed by atoms with van der Waals surface area (Å²) in [5, 5.41) is 2.98. The maximum Gasteiger partial charge on any atom is 0.318 e. The van der Waals surface area contributed by atoms with Crippen molar-refractivity contribution in [3.63, 3.8) is 0 Å². The predicted molar refractivity (Wildman–Crippen MR) is 79.5 cm³/mol. The Morgan fingerprint density at radius 3 is 2.80 bits per heavy atom. The fourth-order valence-electron chi connectivity index (χ4n) is 1.79. The van der Waals surface area contributed by atoms with Crippen molar-refractivity contribution in [1.29, 1.82) is 0 Å². The molecule has 20 heavy (non-hydrogen) atoms. The molecule has 1 N–H and O–H groups in total. The van der Waals surface area contributed by atoms with Gasteiger partial charge in [0.15, 0.2) is 0 Å². The lowest BCUT2D eigenvalue weighted by atomic mass is 10.1. The number of pyridine rings is 1. The van der Waals surface area contributed by atoms with E-state index in [1.165, 1.54) is 0 Å². The molecule has 0 bridgehead atoms. The van der Waals surface area contributed by atoms with Gasteiger partial charge in [-0.1, -0.05) is 6.07 Å². The molecule has 1 atom stereocenters. The number of nitrogens with zero attached hydrogens (tertiary/aromatic N) is 2. The van der Waals surface area contributed by atoms with E-state index < -0.39 is 5.54 Å². The molecule has 0 fully saturated rings. The van der Waals surface area contributed by atoms with Gasteiger partial charge in [-0.05, 0) is 39.3 Å². The number of carbonyl (C=O) groups excluding carboxylic acids is 1. The van der Waals surface area contributed by atoms with Crippen molar-refractivity contribution in [3.8, 4) is 0 Å². The summed E-state index contributed by atoms with van der Waals surface area (Å²) in [5.74, 6) is 0. The van der Waals surface area contributed by atoms with E-state index >= 15 is 0 Å². The summed E-state index contributed by atoms with van der Waals surface area (Å²) in [6.45, 7) is 8.94. The number of carbonyl (C=O) groups is 1. The molecule has 1 aromatic rings. The molecule has 0 aromatic carbocycles. The second kappa shape index (κ2) is 7.24. The molecule has 0 saturated carbocycles. The molecule has 0 aliphatic rings. The molecule has 0 unspecified atom stereocenters. The molecular formula is C15H25N3O2. The number of amides is 2. The van der Waals surface area contributed by atoms with E-state index in [4.69, 9.17) is 4.74 Å². The quantitative estimate of drug-likeness (QED) is 0.871. The van der Waals surface area contributed by atoms with E-state index in [1.54, 1.807) is 24.3 Å². The molecule has 5 nitrogen and oxygen atoms in total.